The molecule has 9 heteroatoms. The van der Waals surface area contributed by atoms with Crippen LogP contribution in [0.1, 0.15) is 18.4 Å². The first-order chi connectivity index (χ1) is 11.6. The van der Waals surface area contributed by atoms with Gasteiger partial charge in [-0.05, 0) is 41.8 Å². The van der Waals surface area contributed by atoms with Gasteiger partial charge in [0, 0.05) is 19.3 Å². The number of nitrogens with zero attached hydrogens (tertiary/aromatic N) is 6. The van der Waals surface area contributed by atoms with E-state index in [0.717, 1.165) is 18.4 Å². The molecule has 0 unspecified atom stereocenters. The maximum absolute atomic E-state index is 12.4. The maximum Gasteiger partial charge on any atom is 0.244 e. The minimum atomic E-state index is -0.236. The summed E-state index contributed by atoms with van der Waals surface area (Å²) in [5.74, 6) is 0.0990. The van der Waals surface area contributed by atoms with E-state index in [0.29, 0.717) is 18.9 Å². The fraction of sp³-hybridized carbons (Fsp3) is 0.467. The molecule has 3 heterocycles. The average Bonchev–Trinajstić information content (AvgIpc) is 3.10. The molecule has 1 fully saturated rings. The predicted molar refractivity (Wildman–Crippen MR) is 84.7 cm³/mol. The fourth-order valence-electron chi connectivity index (χ4n) is 2.68. The first-order valence-corrected chi connectivity index (χ1v) is 7.84. The number of carbonyl (C=O) groups is 2. The molecule has 2 amide bonds. The van der Waals surface area contributed by atoms with Crippen molar-refractivity contribution in [2.45, 2.75) is 26.3 Å². The molecular formula is C15H19N7O2. The molecule has 126 valence electrons. The molecule has 1 aliphatic heterocycles. The highest BCUT2D eigenvalue weighted by atomic mass is 16.2. The van der Waals surface area contributed by atoms with E-state index in [-0.39, 0.29) is 24.3 Å². The van der Waals surface area contributed by atoms with E-state index >= 15 is 0 Å². The molecule has 1 N–H and O–H groups in total. The van der Waals surface area contributed by atoms with Crippen molar-refractivity contribution in [2.24, 2.45) is 5.92 Å². The van der Waals surface area contributed by atoms with E-state index in [1.54, 1.807) is 17.2 Å². The van der Waals surface area contributed by atoms with E-state index in [1.165, 1.54) is 11.0 Å². The van der Waals surface area contributed by atoms with Crippen LogP contribution < -0.4 is 5.32 Å². The third kappa shape index (κ3) is 3.92. The topological polar surface area (TPSA) is 106 Å². The molecule has 1 atom stereocenters. The first kappa shape index (κ1) is 16.0. The van der Waals surface area contributed by atoms with Crippen LogP contribution in [0.3, 0.4) is 0 Å². The Morgan fingerprint density at radius 1 is 1.38 bits per heavy atom. The predicted octanol–water partition coefficient (Wildman–Crippen LogP) is 0.254. The number of amides is 2. The molecular weight excluding hydrogens is 310 g/mol. The van der Waals surface area contributed by atoms with Crippen LogP contribution in [0.15, 0.2) is 24.7 Å². The van der Waals surface area contributed by atoms with Crippen molar-refractivity contribution in [3.05, 3.63) is 30.2 Å². The maximum atomic E-state index is 12.4. The number of carbonyl (C=O) groups excluding carboxylic acids is 2. The molecule has 9 nitrogen and oxygen atoms in total. The van der Waals surface area contributed by atoms with Crippen LogP contribution in [0.4, 0.5) is 5.82 Å². The van der Waals surface area contributed by atoms with Gasteiger partial charge in [-0.15, -0.1) is 5.10 Å². The van der Waals surface area contributed by atoms with Gasteiger partial charge in [0.2, 0.25) is 11.8 Å². The van der Waals surface area contributed by atoms with E-state index in [1.807, 2.05) is 13.0 Å². The molecule has 24 heavy (non-hydrogen) atoms. The van der Waals surface area contributed by atoms with E-state index in [9.17, 15) is 9.59 Å². The van der Waals surface area contributed by atoms with E-state index in [4.69, 9.17) is 0 Å². The van der Waals surface area contributed by atoms with Crippen LogP contribution in [0.25, 0.3) is 0 Å². The summed E-state index contributed by atoms with van der Waals surface area (Å²) < 4.78 is 1.38. The van der Waals surface area contributed by atoms with Crippen molar-refractivity contribution >= 4 is 17.6 Å². The molecule has 3 rings (SSSR count). The lowest BCUT2D eigenvalue weighted by atomic mass is 9.97. The van der Waals surface area contributed by atoms with E-state index in [2.05, 4.69) is 25.8 Å². The minimum absolute atomic E-state index is 0.0842. The highest BCUT2D eigenvalue weighted by Crippen LogP contribution is 2.18. The third-order valence-electron chi connectivity index (χ3n) is 4.00. The van der Waals surface area contributed by atoms with Crippen LogP contribution >= 0.6 is 0 Å². The lowest BCUT2D eigenvalue weighted by Gasteiger charge is -2.31. The van der Waals surface area contributed by atoms with Gasteiger partial charge in [-0.3, -0.25) is 9.59 Å². The van der Waals surface area contributed by atoms with Crippen molar-refractivity contribution in [1.29, 1.82) is 0 Å². The van der Waals surface area contributed by atoms with Gasteiger partial charge < -0.3 is 10.2 Å². The Balaban J connectivity index is 1.57. The van der Waals surface area contributed by atoms with Gasteiger partial charge in [-0.1, -0.05) is 6.07 Å². The second-order valence-corrected chi connectivity index (χ2v) is 5.90. The van der Waals surface area contributed by atoms with Gasteiger partial charge in [0.15, 0.2) is 0 Å². The van der Waals surface area contributed by atoms with Crippen molar-refractivity contribution in [1.82, 2.24) is 30.1 Å². The largest absolute Gasteiger partial charge is 0.340 e. The number of piperidine rings is 1. The van der Waals surface area contributed by atoms with Gasteiger partial charge in [0.1, 0.15) is 18.7 Å². The Bertz CT molecular complexity index is 699. The second kappa shape index (κ2) is 7.16. The molecule has 1 aliphatic rings. The van der Waals surface area contributed by atoms with Gasteiger partial charge in [-0.25, -0.2) is 9.67 Å². The summed E-state index contributed by atoms with van der Waals surface area (Å²) in [6.45, 7) is 3.07. The molecule has 0 spiro atoms. The number of anilines is 1. The zero-order valence-electron chi connectivity index (χ0n) is 13.4. The summed E-state index contributed by atoms with van der Waals surface area (Å²) in [6, 6.07) is 3.67. The SMILES string of the molecule is Cc1ccc(NC(=O)[C@@H]2CCCN(C(=O)Cn3cnnn3)C2)nc1. The van der Waals surface area contributed by atoms with Gasteiger partial charge in [-0.2, -0.15) is 0 Å². The van der Waals surface area contributed by atoms with Crippen molar-refractivity contribution in [3.63, 3.8) is 0 Å². The zero-order valence-corrected chi connectivity index (χ0v) is 13.4. The number of tetrazole rings is 1. The van der Waals surface area contributed by atoms with Crippen LogP contribution in [-0.2, 0) is 16.1 Å². The Hall–Kier alpha value is -2.84. The highest BCUT2D eigenvalue weighted by molar-refractivity contribution is 5.92. The molecule has 2 aromatic heterocycles. The minimum Gasteiger partial charge on any atom is -0.340 e. The van der Waals surface area contributed by atoms with Crippen LogP contribution in [0, 0.1) is 12.8 Å². The number of hydrogen-bond acceptors (Lipinski definition) is 6. The average molecular weight is 329 g/mol. The van der Waals surface area contributed by atoms with Crippen LogP contribution in [0.5, 0.6) is 0 Å². The third-order valence-corrected chi connectivity index (χ3v) is 4.00. The van der Waals surface area contributed by atoms with Crippen molar-refractivity contribution in [2.75, 3.05) is 18.4 Å². The Morgan fingerprint density at radius 2 is 2.25 bits per heavy atom. The Morgan fingerprint density at radius 3 is 2.96 bits per heavy atom. The normalized spacial score (nSPS) is 17.5. The first-order valence-electron chi connectivity index (χ1n) is 7.84. The number of nitrogens with one attached hydrogen (secondary N) is 1. The number of aromatic nitrogens is 5. The molecule has 1 saturated heterocycles. The zero-order chi connectivity index (χ0) is 16.9. The van der Waals surface area contributed by atoms with Gasteiger partial charge in [0.05, 0.1) is 5.92 Å². The molecule has 2 aromatic rings. The molecule has 0 saturated carbocycles. The number of likely N-dealkylation sites (tertiary alicyclic amines) is 1. The molecule has 0 aliphatic carbocycles. The number of aryl methyl sites for hydroxylation is 1. The summed E-state index contributed by atoms with van der Waals surface area (Å²) in [7, 11) is 0. The van der Waals surface area contributed by atoms with Crippen molar-refractivity contribution < 1.29 is 9.59 Å². The smallest absolute Gasteiger partial charge is 0.244 e. The van der Waals surface area contributed by atoms with Gasteiger partial charge in [0.25, 0.3) is 0 Å². The molecule has 0 bridgehead atoms. The Labute approximate surface area is 139 Å². The lowest BCUT2D eigenvalue weighted by molar-refractivity contribution is -0.135. The van der Waals surface area contributed by atoms with Crippen molar-refractivity contribution in [3.8, 4) is 0 Å². The van der Waals surface area contributed by atoms with Gasteiger partial charge >= 0.3 is 0 Å². The summed E-state index contributed by atoms with van der Waals surface area (Å²) in [6.07, 6.45) is 4.65. The van der Waals surface area contributed by atoms with Crippen LogP contribution in [-0.4, -0.2) is 55.0 Å². The second-order valence-electron chi connectivity index (χ2n) is 5.90. The molecule has 0 aromatic carbocycles. The number of rotatable bonds is 4. The number of hydrogen-bond donors (Lipinski definition) is 1. The number of pyridine rings is 1. The van der Waals surface area contributed by atoms with E-state index < -0.39 is 0 Å². The lowest BCUT2D eigenvalue weighted by Crippen LogP contribution is -2.45. The summed E-state index contributed by atoms with van der Waals surface area (Å²) >= 11 is 0. The quantitative estimate of drug-likeness (QED) is 0.862. The summed E-state index contributed by atoms with van der Waals surface area (Å²) in [5.41, 5.74) is 1.03. The summed E-state index contributed by atoms with van der Waals surface area (Å²) in [5, 5.41) is 13.5. The highest BCUT2D eigenvalue weighted by Gasteiger charge is 2.28. The standard InChI is InChI=1S/C15H19N7O2/c1-11-4-5-13(16-7-11)18-15(24)12-3-2-6-21(8-12)14(23)9-22-10-17-19-20-22/h4-5,7,10,12H,2-3,6,8-9H2,1H3,(H,16,18,24)/t12-/m1/s1. The van der Waals surface area contributed by atoms with Crippen LogP contribution in [0.2, 0.25) is 0 Å². The monoisotopic (exact) mass is 329 g/mol. The summed E-state index contributed by atoms with van der Waals surface area (Å²) in [4.78, 5) is 30.6. The fourth-order valence-corrected chi connectivity index (χ4v) is 2.68. The molecule has 0 radical (unpaired) electrons. The Kier molecular flexibility index (Phi) is 4.78.